The van der Waals surface area contributed by atoms with Gasteiger partial charge in [-0.1, -0.05) is 39.5 Å². The van der Waals surface area contributed by atoms with Crippen LogP contribution in [0.5, 0.6) is 0 Å². The highest BCUT2D eigenvalue weighted by atomic mass is 16.2. The lowest BCUT2D eigenvalue weighted by Crippen LogP contribution is -2.48. The van der Waals surface area contributed by atoms with Crippen LogP contribution in [0, 0.1) is 0 Å². The van der Waals surface area contributed by atoms with Crippen molar-refractivity contribution < 1.29 is 14.4 Å². The predicted molar refractivity (Wildman–Crippen MR) is 83.5 cm³/mol. The van der Waals surface area contributed by atoms with Crippen LogP contribution in [0.15, 0.2) is 9.98 Å². The molecule has 0 aliphatic heterocycles. The van der Waals surface area contributed by atoms with Crippen LogP contribution < -0.4 is 5.73 Å². The lowest BCUT2D eigenvalue weighted by molar-refractivity contribution is 0.144. The van der Waals surface area contributed by atoms with Crippen molar-refractivity contribution in [1.82, 2.24) is 4.90 Å². The number of nitrogens with two attached hydrogens (primary N) is 1. The lowest BCUT2D eigenvalue weighted by Gasteiger charge is -2.31. The van der Waals surface area contributed by atoms with E-state index in [1.54, 1.807) is 0 Å². The van der Waals surface area contributed by atoms with Crippen LogP contribution in [0.4, 0.5) is 4.79 Å². The largest absolute Gasteiger partial charge is 0.351 e. The monoisotopic (exact) mass is 310 g/mol. The molecule has 0 aromatic heterocycles. The number of hydrogen-bond acceptors (Lipinski definition) is 5. The zero-order valence-corrected chi connectivity index (χ0v) is 13.5. The molecule has 0 heterocycles. The Labute approximate surface area is 131 Å². The van der Waals surface area contributed by atoms with Crippen LogP contribution in [0.2, 0.25) is 0 Å². The maximum Gasteiger partial charge on any atom is 0.318 e. The topological polar surface area (TPSA) is 105 Å². The molecule has 2 amide bonds. The average Bonchev–Trinajstić information content (AvgIpc) is 2.47. The molecule has 124 valence electrons. The van der Waals surface area contributed by atoms with Gasteiger partial charge in [-0.25, -0.2) is 14.4 Å². The fourth-order valence-corrected chi connectivity index (χ4v) is 2.30. The van der Waals surface area contributed by atoms with Gasteiger partial charge < -0.3 is 5.73 Å². The quantitative estimate of drug-likeness (QED) is 0.340. The van der Waals surface area contributed by atoms with Crippen molar-refractivity contribution in [3.05, 3.63) is 0 Å². The molecule has 0 aromatic rings. The Bertz CT molecular complexity index is 383. The van der Waals surface area contributed by atoms with Gasteiger partial charge in [0.05, 0.1) is 0 Å². The van der Waals surface area contributed by atoms with Gasteiger partial charge in [0.2, 0.25) is 12.2 Å². The van der Waals surface area contributed by atoms with Gasteiger partial charge in [0.25, 0.3) is 0 Å². The number of hydrogen-bond donors (Lipinski definition) is 1. The van der Waals surface area contributed by atoms with E-state index in [9.17, 15) is 14.4 Å². The molecule has 0 spiro atoms. The summed E-state index contributed by atoms with van der Waals surface area (Å²) in [7, 11) is 0. The van der Waals surface area contributed by atoms with Gasteiger partial charge in [-0.3, -0.25) is 4.90 Å². The van der Waals surface area contributed by atoms with Crippen molar-refractivity contribution in [3.8, 4) is 0 Å². The maximum absolute atomic E-state index is 11.8. The summed E-state index contributed by atoms with van der Waals surface area (Å²) in [5, 5.41) is 0. The smallest absolute Gasteiger partial charge is 0.318 e. The zero-order valence-electron chi connectivity index (χ0n) is 13.5. The van der Waals surface area contributed by atoms with Crippen molar-refractivity contribution in [1.29, 1.82) is 0 Å². The number of isocyanates is 2. The van der Waals surface area contributed by atoms with Crippen LogP contribution in [-0.2, 0) is 9.59 Å². The number of unbranched alkanes of at least 4 members (excludes halogenated alkanes) is 4. The Morgan fingerprint density at radius 1 is 0.955 bits per heavy atom. The summed E-state index contributed by atoms with van der Waals surface area (Å²) in [5.74, 6) is 0. The number of urea groups is 1. The van der Waals surface area contributed by atoms with Gasteiger partial charge >= 0.3 is 6.03 Å². The first kappa shape index (κ1) is 20.0. The maximum atomic E-state index is 11.8. The van der Waals surface area contributed by atoms with E-state index in [1.165, 1.54) is 17.1 Å². The normalized spacial score (nSPS) is 12.6. The molecule has 0 saturated heterocycles. The Balaban J connectivity index is 5.15. The summed E-state index contributed by atoms with van der Waals surface area (Å²) in [5.41, 5.74) is 5.41. The van der Waals surface area contributed by atoms with Gasteiger partial charge in [-0.2, -0.15) is 9.98 Å². The molecular formula is C15H26N4O3. The van der Waals surface area contributed by atoms with Crippen molar-refractivity contribution in [2.45, 2.75) is 77.5 Å². The second kappa shape index (κ2) is 12.7. The second-order valence-corrected chi connectivity index (χ2v) is 5.14. The Morgan fingerprint density at radius 2 is 1.36 bits per heavy atom. The number of nitrogens with zero attached hydrogens (tertiary/aromatic N) is 3. The summed E-state index contributed by atoms with van der Waals surface area (Å²) in [4.78, 5) is 41.6. The van der Waals surface area contributed by atoms with Crippen molar-refractivity contribution in [2.24, 2.45) is 15.7 Å². The van der Waals surface area contributed by atoms with E-state index in [1.807, 2.05) is 13.8 Å². The standard InChI is InChI=1S/C15H26N4O3/c1-3-5-7-9-13(17-11-20)19(15(16)22)14(18-12-21)10-8-6-4-2/h13-14H,3-10H2,1-2H3,(H2,16,22). The molecule has 7 nitrogen and oxygen atoms in total. The number of carbonyl (C=O) groups excluding carboxylic acids is 3. The highest BCUT2D eigenvalue weighted by Crippen LogP contribution is 2.19. The highest BCUT2D eigenvalue weighted by molar-refractivity contribution is 5.73. The van der Waals surface area contributed by atoms with E-state index in [-0.39, 0.29) is 0 Å². The molecule has 2 unspecified atom stereocenters. The molecule has 7 heteroatoms. The van der Waals surface area contributed by atoms with E-state index in [2.05, 4.69) is 9.98 Å². The summed E-state index contributed by atoms with van der Waals surface area (Å²) in [6, 6.07) is -0.749. The third-order valence-corrected chi connectivity index (χ3v) is 3.43. The SMILES string of the molecule is CCCCCC(N=C=O)N(C(N)=O)C(CCCCC)N=C=O. The minimum atomic E-state index is -0.749. The minimum Gasteiger partial charge on any atom is -0.351 e. The first-order valence-electron chi connectivity index (χ1n) is 7.84. The highest BCUT2D eigenvalue weighted by Gasteiger charge is 2.28. The fraction of sp³-hybridized carbons (Fsp3) is 0.800. The van der Waals surface area contributed by atoms with E-state index in [0.29, 0.717) is 12.8 Å². The third-order valence-electron chi connectivity index (χ3n) is 3.43. The van der Waals surface area contributed by atoms with Crippen LogP contribution in [0.1, 0.15) is 65.2 Å². The molecular weight excluding hydrogens is 284 g/mol. The molecule has 0 bridgehead atoms. The Kier molecular flexibility index (Phi) is 11.6. The average molecular weight is 310 g/mol. The minimum absolute atomic E-state index is 0.491. The number of aliphatic imine (C=N–C) groups is 2. The summed E-state index contributed by atoms with van der Waals surface area (Å²) < 4.78 is 0. The first-order valence-corrected chi connectivity index (χ1v) is 7.84. The molecule has 0 saturated carbocycles. The molecule has 2 N–H and O–H groups in total. The van der Waals surface area contributed by atoms with E-state index >= 15 is 0 Å². The molecule has 2 atom stereocenters. The van der Waals surface area contributed by atoms with Gasteiger partial charge in [-0.15, -0.1) is 0 Å². The molecule has 0 fully saturated rings. The van der Waals surface area contributed by atoms with E-state index < -0.39 is 18.4 Å². The summed E-state index contributed by atoms with van der Waals surface area (Å²) in [6.07, 6.45) is 7.97. The Morgan fingerprint density at radius 3 is 1.64 bits per heavy atom. The second-order valence-electron chi connectivity index (χ2n) is 5.14. The van der Waals surface area contributed by atoms with Crippen LogP contribution in [-0.4, -0.2) is 35.4 Å². The van der Waals surface area contributed by atoms with Crippen LogP contribution >= 0.6 is 0 Å². The number of primary amides is 1. The first-order chi connectivity index (χ1) is 10.6. The van der Waals surface area contributed by atoms with E-state index in [4.69, 9.17) is 5.73 Å². The lowest BCUT2D eigenvalue weighted by atomic mass is 10.1. The van der Waals surface area contributed by atoms with Crippen LogP contribution in [0.25, 0.3) is 0 Å². The van der Waals surface area contributed by atoms with Crippen molar-refractivity contribution in [3.63, 3.8) is 0 Å². The number of amides is 2. The van der Waals surface area contributed by atoms with Crippen molar-refractivity contribution in [2.75, 3.05) is 0 Å². The molecule has 0 rings (SSSR count). The Hall–Kier alpha value is -1.97. The molecule has 22 heavy (non-hydrogen) atoms. The summed E-state index contributed by atoms with van der Waals surface area (Å²) >= 11 is 0. The van der Waals surface area contributed by atoms with E-state index in [0.717, 1.165) is 38.5 Å². The molecule has 0 aliphatic rings. The number of carbonyl (C=O) groups is 1. The van der Waals surface area contributed by atoms with Gasteiger partial charge in [0.15, 0.2) is 0 Å². The van der Waals surface area contributed by atoms with Crippen LogP contribution in [0.3, 0.4) is 0 Å². The fourth-order valence-electron chi connectivity index (χ4n) is 2.30. The number of rotatable bonds is 12. The molecule has 0 radical (unpaired) electrons. The van der Waals surface area contributed by atoms with Gasteiger partial charge in [0.1, 0.15) is 12.3 Å². The molecule has 0 aliphatic carbocycles. The van der Waals surface area contributed by atoms with Crippen molar-refractivity contribution >= 4 is 18.2 Å². The predicted octanol–water partition coefficient (Wildman–Crippen LogP) is 2.85. The van der Waals surface area contributed by atoms with Gasteiger partial charge in [-0.05, 0) is 25.7 Å². The van der Waals surface area contributed by atoms with Gasteiger partial charge in [0, 0.05) is 0 Å². The third kappa shape index (κ3) is 7.72. The zero-order chi connectivity index (χ0) is 16.8. The molecule has 0 aromatic carbocycles. The summed E-state index contributed by atoms with van der Waals surface area (Å²) in [6.45, 7) is 4.10.